The van der Waals surface area contributed by atoms with E-state index in [1.807, 2.05) is 0 Å². The van der Waals surface area contributed by atoms with Crippen LogP contribution in [0, 0.1) is 11.3 Å². The number of hydrogen-bond acceptors (Lipinski definition) is 3. The molecular formula is C13H24N4. The molecular weight excluding hydrogens is 212 g/mol. The Morgan fingerprint density at radius 3 is 2.35 bits per heavy atom. The molecule has 1 unspecified atom stereocenters. The molecule has 96 valence electrons. The second-order valence-electron chi connectivity index (χ2n) is 6.31. The number of nitrogens with zero attached hydrogens (tertiary/aromatic N) is 3. The van der Waals surface area contributed by atoms with E-state index in [1.165, 1.54) is 12.8 Å². The molecule has 2 rings (SSSR count). The third kappa shape index (κ3) is 2.68. The zero-order valence-corrected chi connectivity index (χ0v) is 11.4. The Labute approximate surface area is 104 Å². The number of rotatable bonds is 4. The van der Waals surface area contributed by atoms with E-state index < -0.39 is 0 Å². The monoisotopic (exact) mass is 236 g/mol. The van der Waals surface area contributed by atoms with Crippen molar-refractivity contribution in [2.24, 2.45) is 17.1 Å². The van der Waals surface area contributed by atoms with Crippen molar-refractivity contribution in [3.8, 4) is 0 Å². The molecule has 1 aliphatic carbocycles. The van der Waals surface area contributed by atoms with Crippen molar-refractivity contribution in [3.05, 3.63) is 11.6 Å². The maximum atomic E-state index is 5.72. The largest absolute Gasteiger partial charge is 0.324 e. The Morgan fingerprint density at radius 2 is 1.88 bits per heavy atom. The SMILES string of the molecule is CC(Cc1nnc(CN)n1C1CC1)C(C)(C)C. The minimum atomic E-state index is 0.309. The molecule has 1 aromatic heterocycles. The van der Waals surface area contributed by atoms with Gasteiger partial charge in [-0.25, -0.2) is 0 Å². The van der Waals surface area contributed by atoms with Crippen LogP contribution < -0.4 is 5.73 Å². The quantitative estimate of drug-likeness (QED) is 0.872. The molecule has 1 fully saturated rings. The Morgan fingerprint density at radius 1 is 1.29 bits per heavy atom. The number of aromatic nitrogens is 3. The van der Waals surface area contributed by atoms with Crippen molar-refractivity contribution in [3.63, 3.8) is 0 Å². The topological polar surface area (TPSA) is 56.7 Å². The lowest BCUT2D eigenvalue weighted by molar-refractivity contribution is 0.254. The van der Waals surface area contributed by atoms with Gasteiger partial charge in [0.15, 0.2) is 0 Å². The molecule has 4 nitrogen and oxygen atoms in total. The average Bonchev–Trinajstić information content (AvgIpc) is 2.99. The van der Waals surface area contributed by atoms with Crippen molar-refractivity contribution in [2.75, 3.05) is 0 Å². The van der Waals surface area contributed by atoms with E-state index in [2.05, 4.69) is 42.5 Å². The second kappa shape index (κ2) is 4.41. The van der Waals surface area contributed by atoms with Gasteiger partial charge in [0, 0.05) is 12.5 Å². The van der Waals surface area contributed by atoms with Gasteiger partial charge in [0.2, 0.25) is 0 Å². The first-order chi connectivity index (χ1) is 7.93. The van der Waals surface area contributed by atoms with Crippen LogP contribution in [-0.4, -0.2) is 14.8 Å². The highest BCUT2D eigenvalue weighted by atomic mass is 15.3. The molecule has 0 radical (unpaired) electrons. The van der Waals surface area contributed by atoms with Crippen LogP contribution in [0.2, 0.25) is 0 Å². The first kappa shape index (κ1) is 12.6. The summed E-state index contributed by atoms with van der Waals surface area (Å²) >= 11 is 0. The van der Waals surface area contributed by atoms with E-state index in [-0.39, 0.29) is 0 Å². The van der Waals surface area contributed by atoms with Gasteiger partial charge in [-0.1, -0.05) is 27.7 Å². The fourth-order valence-corrected chi connectivity index (χ4v) is 1.97. The van der Waals surface area contributed by atoms with Crippen LogP contribution in [0.4, 0.5) is 0 Å². The molecule has 0 aromatic carbocycles. The van der Waals surface area contributed by atoms with Crippen molar-refractivity contribution in [2.45, 2.75) is 59.5 Å². The molecule has 4 heteroatoms. The van der Waals surface area contributed by atoms with E-state index in [4.69, 9.17) is 5.73 Å². The summed E-state index contributed by atoms with van der Waals surface area (Å²) in [5.41, 5.74) is 6.03. The third-order valence-corrected chi connectivity index (χ3v) is 3.90. The first-order valence-corrected chi connectivity index (χ1v) is 6.56. The molecule has 1 aliphatic rings. The Balaban J connectivity index is 2.18. The molecule has 0 amide bonds. The molecule has 0 bridgehead atoms. The van der Waals surface area contributed by atoms with Gasteiger partial charge in [0.05, 0.1) is 6.54 Å². The van der Waals surface area contributed by atoms with Crippen molar-refractivity contribution in [1.82, 2.24) is 14.8 Å². The van der Waals surface area contributed by atoms with Crippen LogP contribution in [0.25, 0.3) is 0 Å². The summed E-state index contributed by atoms with van der Waals surface area (Å²) < 4.78 is 2.28. The lowest BCUT2D eigenvalue weighted by atomic mass is 9.80. The first-order valence-electron chi connectivity index (χ1n) is 6.56. The Bertz CT molecular complexity index is 385. The summed E-state index contributed by atoms with van der Waals surface area (Å²) in [6.07, 6.45) is 3.50. The van der Waals surface area contributed by atoms with E-state index in [0.717, 1.165) is 18.1 Å². The van der Waals surface area contributed by atoms with Crippen molar-refractivity contribution >= 4 is 0 Å². The third-order valence-electron chi connectivity index (χ3n) is 3.90. The fraction of sp³-hybridized carbons (Fsp3) is 0.846. The van der Waals surface area contributed by atoms with E-state index in [1.54, 1.807) is 0 Å². The molecule has 1 saturated carbocycles. The maximum absolute atomic E-state index is 5.72. The van der Waals surface area contributed by atoms with Gasteiger partial charge >= 0.3 is 0 Å². The molecule has 0 saturated heterocycles. The summed E-state index contributed by atoms with van der Waals surface area (Å²) in [6, 6.07) is 0.616. The van der Waals surface area contributed by atoms with Crippen molar-refractivity contribution in [1.29, 1.82) is 0 Å². The predicted molar refractivity (Wildman–Crippen MR) is 68.5 cm³/mol. The zero-order chi connectivity index (χ0) is 12.6. The molecule has 1 aromatic rings. The lowest BCUT2D eigenvalue weighted by Gasteiger charge is -2.27. The molecule has 0 spiro atoms. The van der Waals surface area contributed by atoms with E-state index in [9.17, 15) is 0 Å². The Kier molecular flexibility index (Phi) is 3.25. The maximum Gasteiger partial charge on any atom is 0.147 e. The van der Waals surface area contributed by atoms with Crippen molar-refractivity contribution < 1.29 is 0 Å². The normalized spacial score (nSPS) is 18.4. The fourth-order valence-electron chi connectivity index (χ4n) is 1.97. The number of hydrogen-bond donors (Lipinski definition) is 1. The van der Waals surface area contributed by atoms with Gasteiger partial charge < -0.3 is 10.3 Å². The Hall–Kier alpha value is -0.900. The van der Waals surface area contributed by atoms with Gasteiger partial charge in [-0.15, -0.1) is 10.2 Å². The van der Waals surface area contributed by atoms with Gasteiger partial charge in [-0.05, 0) is 24.2 Å². The summed E-state index contributed by atoms with van der Waals surface area (Å²) in [5, 5.41) is 8.55. The molecule has 1 atom stereocenters. The van der Waals surface area contributed by atoms with E-state index >= 15 is 0 Å². The highest BCUT2D eigenvalue weighted by Crippen LogP contribution is 2.38. The van der Waals surface area contributed by atoms with Crippen LogP contribution in [-0.2, 0) is 13.0 Å². The highest BCUT2D eigenvalue weighted by molar-refractivity contribution is 5.04. The van der Waals surface area contributed by atoms with Gasteiger partial charge in [-0.2, -0.15) is 0 Å². The predicted octanol–water partition coefficient (Wildman–Crippen LogP) is 2.30. The number of nitrogens with two attached hydrogens (primary N) is 1. The van der Waals surface area contributed by atoms with E-state index in [0.29, 0.717) is 23.9 Å². The van der Waals surface area contributed by atoms with Crippen LogP contribution in [0.15, 0.2) is 0 Å². The molecule has 0 aliphatic heterocycles. The molecule has 17 heavy (non-hydrogen) atoms. The van der Waals surface area contributed by atoms with Gasteiger partial charge in [0.1, 0.15) is 11.6 Å². The molecule has 2 N–H and O–H groups in total. The summed E-state index contributed by atoms with van der Waals surface area (Å²) in [6.45, 7) is 9.61. The average molecular weight is 236 g/mol. The minimum Gasteiger partial charge on any atom is -0.324 e. The van der Waals surface area contributed by atoms with Crippen LogP contribution in [0.5, 0.6) is 0 Å². The smallest absolute Gasteiger partial charge is 0.147 e. The van der Waals surface area contributed by atoms with Gasteiger partial charge in [-0.3, -0.25) is 0 Å². The summed E-state index contributed by atoms with van der Waals surface area (Å²) in [5.74, 6) is 2.66. The van der Waals surface area contributed by atoms with Crippen LogP contribution in [0.1, 0.15) is 58.2 Å². The minimum absolute atomic E-state index is 0.309. The second-order valence-corrected chi connectivity index (χ2v) is 6.31. The van der Waals surface area contributed by atoms with Gasteiger partial charge in [0.25, 0.3) is 0 Å². The highest BCUT2D eigenvalue weighted by Gasteiger charge is 2.30. The lowest BCUT2D eigenvalue weighted by Crippen LogP contribution is -2.21. The zero-order valence-electron chi connectivity index (χ0n) is 11.4. The molecule has 1 heterocycles. The van der Waals surface area contributed by atoms with Crippen LogP contribution >= 0.6 is 0 Å². The standard InChI is InChI=1S/C13H24N4/c1-9(13(2,3)4)7-11-15-16-12(8-14)17(11)10-5-6-10/h9-10H,5-8,14H2,1-4H3. The summed E-state index contributed by atoms with van der Waals surface area (Å²) in [7, 11) is 0. The van der Waals surface area contributed by atoms with Crippen LogP contribution in [0.3, 0.4) is 0 Å². The summed E-state index contributed by atoms with van der Waals surface area (Å²) in [4.78, 5) is 0.